The molecule has 1 aliphatic rings. The van der Waals surface area contributed by atoms with Crippen molar-refractivity contribution in [1.82, 2.24) is 10.2 Å². The van der Waals surface area contributed by atoms with E-state index in [0.29, 0.717) is 19.1 Å². The average Bonchev–Trinajstić information content (AvgIpc) is 2.01. The smallest absolute Gasteiger partial charge is 0.317 e. The van der Waals surface area contributed by atoms with Crippen molar-refractivity contribution in [3.63, 3.8) is 0 Å². The Kier molecular flexibility index (Phi) is 3.78. The number of halogens is 3. The molecule has 0 radical (unpaired) electrons. The largest absolute Gasteiger partial charge is 0.401 e. The maximum Gasteiger partial charge on any atom is 0.401 e. The van der Waals surface area contributed by atoms with Gasteiger partial charge < -0.3 is 5.32 Å². The maximum atomic E-state index is 12.1. The van der Waals surface area contributed by atoms with E-state index in [-0.39, 0.29) is 5.92 Å². The number of rotatable bonds is 2. The van der Waals surface area contributed by atoms with Crippen LogP contribution in [0, 0.1) is 5.92 Å². The molecule has 2 atom stereocenters. The van der Waals surface area contributed by atoms with Crippen molar-refractivity contribution in [2.24, 2.45) is 5.92 Å². The van der Waals surface area contributed by atoms with Crippen molar-refractivity contribution in [1.29, 1.82) is 0 Å². The number of alkyl halides is 3. The fourth-order valence-electron chi connectivity index (χ4n) is 2.06. The van der Waals surface area contributed by atoms with Gasteiger partial charge in [0.05, 0.1) is 6.54 Å². The second kappa shape index (κ2) is 4.49. The number of hydrogen-bond acceptors (Lipinski definition) is 2. The second-order valence-electron chi connectivity index (χ2n) is 4.01. The van der Waals surface area contributed by atoms with E-state index >= 15 is 0 Å². The van der Waals surface area contributed by atoms with Crippen molar-refractivity contribution in [2.45, 2.75) is 25.6 Å². The van der Waals surface area contributed by atoms with Crippen LogP contribution in [0.3, 0.4) is 0 Å². The van der Waals surface area contributed by atoms with Gasteiger partial charge in [0, 0.05) is 12.6 Å². The second-order valence-corrected chi connectivity index (χ2v) is 4.01. The molecule has 5 heteroatoms. The molecule has 1 rings (SSSR count). The highest BCUT2D eigenvalue weighted by Crippen LogP contribution is 2.22. The maximum absolute atomic E-state index is 12.1. The van der Waals surface area contributed by atoms with Crippen LogP contribution in [-0.4, -0.2) is 43.8 Å². The Hall–Kier alpha value is -0.290. The predicted molar refractivity (Wildman–Crippen MR) is 49.1 cm³/mol. The lowest BCUT2D eigenvalue weighted by Crippen LogP contribution is -2.49. The van der Waals surface area contributed by atoms with Gasteiger partial charge >= 0.3 is 6.18 Å². The predicted octanol–water partition coefficient (Wildman–Crippen LogP) is 1.48. The van der Waals surface area contributed by atoms with E-state index in [2.05, 4.69) is 5.32 Å². The van der Waals surface area contributed by atoms with Crippen LogP contribution < -0.4 is 5.32 Å². The van der Waals surface area contributed by atoms with E-state index in [1.54, 1.807) is 0 Å². The molecule has 0 saturated carbocycles. The Bertz CT molecular complexity index is 181. The molecule has 0 amide bonds. The molecule has 1 N–H and O–H groups in total. The molecular formula is C9H17F3N2. The highest BCUT2D eigenvalue weighted by atomic mass is 19.4. The lowest BCUT2D eigenvalue weighted by Gasteiger charge is -2.36. The van der Waals surface area contributed by atoms with Gasteiger partial charge in [0.25, 0.3) is 0 Å². The van der Waals surface area contributed by atoms with Gasteiger partial charge in [-0.1, -0.05) is 6.92 Å². The summed E-state index contributed by atoms with van der Waals surface area (Å²) >= 11 is 0. The van der Waals surface area contributed by atoms with Crippen molar-refractivity contribution in [2.75, 3.05) is 26.7 Å². The third kappa shape index (κ3) is 3.46. The monoisotopic (exact) mass is 210 g/mol. The van der Waals surface area contributed by atoms with Gasteiger partial charge in [-0.15, -0.1) is 0 Å². The van der Waals surface area contributed by atoms with Gasteiger partial charge in [0.15, 0.2) is 0 Å². The fourth-order valence-corrected chi connectivity index (χ4v) is 2.06. The highest BCUT2D eigenvalue weighted by Gasteiger charge is 2.34. The number of nitrogens with one attached hydrogen (secondary N) is 1. The number of likely N-dealkylation sites (tertiary alicyclic amines) is 1. The van der Waals surface area contributed by atoms with Crippen LogP contribution >= 0.6 is 0 Å². The van der Waals surface area contributed by atoms with Crippen LogP contribution in [0.2, 0.25) is 0 Å². The minimum Gasteiger partial charge on any atom is -0.317 e. The summed E-state index contributed by atoms with van der Waals surface area (Å²) in [5.74, 6) is 0.288. The summed E-state index contributed by atoms with van der Waals surface area (Å²) in [7, 11) is 1.86. The first-order valence-corrected chi connectivity index (χ1v) is 4.89. The Morgan fingerprint density at radius 1 is 1.43 bits per heavy atom. The van der Waals surface area contributed by atoms with Crippen LogP contribution in [0.4, 0.5) is 13.2 Å². The SMILES string of the molecule is CNC1CCN(CC(F)(F)F)CC1C. The van der Waals surface area contributed by atoms with Gasteiger partial charge in [-0.05, 0) is 25.9 Å². The van der Waals surface area contributed by atoms with Gasteiger partial charge in [-0.2, -0.15) is 13.2 Å². The molecule has 84 valence electrons. The first kappa shape index (κ1) is 11.8. The lowest BCUT2D eigenvalue weighted by atomic mass is 9.94. The molecular weight excluding hydrogens is 193 g/mol. The zero-order chi connectivity index (χ0) is 10.8. The van der Waals surface area contributed by atoms with Crippen LogP contribution in [-0.2, 0) is 0 Å². The van der Waals surface area contributed by atoms with Crippen molar-refractivity contribution >= 4 is 0 Å². The minimum atomic E-state index is -4.06. The molecule has 0 aromatic carbocycles. The van der Waals surface area contributed by atoms with Crippen molar-refractivity contribution in [3.05, 3.63) is 0 Å². The molecule has 1 fully saturated rings. The molecule has 1 saturated heterocycles. The molecule has 1 aliphatic heterocycles. The van der Waals surface area contributed by atoms with E-state index in [0.717, 1.165) is 6.42 Å². The third-order valence-electron chi connectivity index (χ3n) is 2.76. The quantitative estimate of drug-likeness (QED) is 0.742. The first-order chi connectivity index (χ1) is 6.42. The first-order valence-electron chi connectivity index (χ1n) is 4.89. The normalized spacial score (nSPS) is 30.6. The Morgan fingerprint density at radius 2 is 2.07 bits per heavy atom. The van der Waals surface area contributed by atoms with Gasteiger partial charge in [-0.3, -0.25) is 4.90 Å². The molecule has 0 bridgehead atoms. The highest BCUT2D eigenvalue weighted by molar-refractivity contribution is 4.82. The van der Waals surface area contributed by atoms with E-state index in [1.807, 2.05) is 14.0 Å². The summed E-state index contributed by atoms with van der Waals surface area (Å²) in [4.78, 5) is 1.48. The molecule has 0 spiro atoms. The van der Waals surface area contributed by atoms with Crippen LogP contribution in [0.5, 0.6) is 0 Å². The Labute approximate surface area is 82.5 Å². The van der Waals surface area contributed by atoms with E-state index in [9.17, 15) is 13.2 Å². The van der Waals surface area contributed by atoms with Crippen molar-refractivity contribution < 1.29 is 13.2 Å². The summed E-state index contributed by atoms with van der Waals surface area (Å²) < 4.78 is 36.3. The standard InChI is InChI=1S/C9H17F3N2/c1-7-5-14(6-9(10,11)12)4-3-8(7)13-2/h7-8,13H,3-6H2,1-2H3. The molecule has 2 nitrogen and oxygen atoms in total. The summed E-state index contributed by atoms with van der Waals surface area (Å²) in [6, 6.07) is 0.361. The number of nitrogens with zero attached hydrogens (tertiary/aromatic N) is 1. The molecule has 14 heavy (non-hydrogen) atoms. The third-order valence-corrected chi connectivity index (χ3v) is 2.76. The average molecular weight is 210 g/mol. The van der Waals surface area contributed by atoms with Gasteiger partial charge in [0.2, 0.25) is 0 Å². The zero-order valence-electron chi connectivity index (χ0n) is 8.56. The summed E-state index contributed by atoms with van der Waals surface area (Å²) in [6.07, 6.45) is -3.26. The summed E-state index contributed by atoms with van der Waals surface area (Å²) in [5.41, 5.74) is 0. The Balaban J connectivity index is 2.39. The van der Waals surface area contributed by atoms with Crippen LogP contribution in [0.1, 0.15) is 13.3 Å². The van der Waals surface area contributed by atoms with Crippen LogP contribution in [0.15, 0.2) is 0 Å². The molecule has 0 aromatic heterocycles. The fraction of sp³-hybridized carbons (Fsp3) is 1.00. The van der Waals surface area contributed by atoms with Crippen molar-refractivity contribution in [3.8, 4) is 0 Å². The molecule has 0 aromatic rings. The van der Waals surface area contributed by atoms with Gasteiger partial charge in [0.1, 0.15) is 0 Å². The van der Waals surface area contributed by atoms with E-state index in [4.69, 9.17) is 0 Å². The lowest BCUT2D eigenvalue weighted by molar-refractivity contribution is -0.149. The van der Waals surface area contributed by atoms with Gasteiger partial charge in [-0.25, -0.2) is 0 Å². The molecule has 2 unspecified atom stereocenters. The Morgan fingerprint density at radius 3 is 2.50 bits per heavy atom. The number of piperidine rings is 1. The minimum absolute atomic E-state index is 0.288. The summed E-state index contributed by atoms with van der Waals surface area (Å²) in [6.45, 7) is 2.29. The van der Waals surface area contributed by atoms with Crippen LogP contribution in [0.25, 0.3) is 0 Å². The molecule has 1 heterocycles. The molecule has 0 aliphatic carbocycles. The van der Waals surface area contributed by atoms with E-state index < -0.39 is 12.7 Å². The zero-order valence-corrected chi connectivity index (χ0v) is 8.56. The number of hydrogen-bond donors (Lipinski definition) is 1. The summed E-state index contributed by atoms with van der Waals surface area (Å²) in [5, 5.41) is 3.13. The van der Waals surface area contributed by atoms with E-state index in [1.165, 1.54) is 4.90 Å². The topological polar surface area (TPSA) is 15.3 Å².